The molecule has 0 saturated heterocycles. The van der Waals surface area contributed by atoms with E-state index in [0.717, 1.165) is 18.4 Å². The zero-order valence-electron chi connectivity index (χ0n) is 15.3. The molecular weight excluding hydrogens is 403 g/mol. The molecule has 5 rings (SSSR count). The Morgan fingerprint density at radius 1 is 1.00 bits per heavy atom. The van der Waals surface area contributed by atoms with Gasteiger partial charge in [0.1, 0.15) is 5.75 Å². The van der Waals surface area contributed by atoms with Gasteiger partial charge < -0.3 is 18.4 Å². The Balaban J connectivity index is 1.34. The molecule has 2 aromatic heterocycles. The number of ether oxygens (including phenoxy) is 2. The molecule has 0 bridgehead atoms. The highest BCUT2D eigenvalue weighted by Gasteiger charge is 2.31. The number of hydrogen-bond acceptors (Lipinski definition) is 7. The molecule has 154 valence electrons. The fourth-order valence-electron chi connectivity index (χ4n) is 3.00. The van der Waals surface area contributed by atoms with Crippen molar-refractivity contribution in [3.8, 4) is 22.8 Å². The third-order valence-electron chi connectivity index (χ3n) is 4.60. The molecule has 10 heteroatoms. The van der Waals surface area contributed by atoms with E-state index >= 15 is 0 Å². The van der Waals surface area contributed by atoms with Crippen molar-refractivity contribution >= 4 is 11.0 Å². The van der Waals surface area contributed by atoms with Crippen LogP contribution in [0.2, 0.25) is 0 Å². The molecule has 0 spiro atoms. The first kappa shape index (κ1) is 18.5. The number of hydrogen-bond donors (Lipinski definition) is 0. The number of halogens is 3. The Kier molecular flexibility index (Phi) is 4.34. The number of nitrogens with zero attached hydrogens (tertiary/aromatic N) is 3. The third-order valence-corrected chi connectivity index (χ3v) is 4.60. The van der Waals surface area contributed by atoms with Gasteiger partial charge in [-0.2, -0.15) is 0 Å². The second-order valence-corrected chi connectivity index (χ2v) is 6.87. The Bertz CT molecular complexity index is 1180. The lowest BCUT2D eigenvalue weighted by molar-refractivity contribution is -0.274. The minimum absolute atomic E-state index is 0.0507. The summed E-state index contributed by atoms with van der Waals surface area (Å²) in [5.74, 6) is 1.31. The van der Waals surface area contributed by atoms with E-state index in [1.807, 2.05) is 0 Å². The highest BCUT2D eigenvalue weighted by molar-refractivity contribution is 5.87. The minimum Gasteiger partial charge on any atom is -0.465 e. The first-order valence-electron chi connectivity index (χ1n) is 9.15. The van der Waals surface area contributed by atoms with Crippen LogP contribution in [-0.4, -0.2) is 21.7 Å². The van der Waals surface area contributed by atoms with Crippen LogP contribution in [-0.2, 0) is 6.61 Å². The Hall–Kier alpha value is -3.56. The number of rotatable bonds is 6. The van der Waals surface area contributed by atoms with Crippen molar-refractivity contribution in [2.24, 2.45) is 0 Å². The molecule has 0 amide bonds. The Labute approximate surface area is 167 Å². The van der Waals surface area contributed by atoms with E-state index < -0.39 is 6.36 Å². The highest BCUT2D eigenvalue weighted by atomic mass is 19.4. The predicted molar refractivity (Wildman–Crippen MR) is 96.7 cm³/mol. The van der Waals surface area contributed by atoms with Gasteiger partial charge in [-0.25, -0.2) is 0 Å². The largest absolute Gasteiger partial charge is 0.573 e. The second kappa shape index (κ2) is 7.05. The van der Waals surface area contributed by atoms with Crippen LogP contribution in [0, 0.1) is 0 Å². The second-order valence-electron chi connectivity index (χ2n) is 6.87. The molecule has 1 aliphatic carbocycles. The van der Waals surface area contributed by atoms with Gasteiger partial charge in [-0.3, -0.25) is 0 Å². The van der Waals surface area contributed by atoms with E-state index in [-0.39, 0.29) is 18.2 Å². The lowest BCUT2D eigenvalue weighted by atomic mass is 10.0. The van der Waals surface area contributed by atoms with E-state index in [4.69, 9.17) is 13.7 Å². The maximum atomic E-state index is 12.3. The van der Waals surface area contributed by atoms with Crippen molar-refractivity contribution in [3.05, 3.63) is 54.2 Å². The number of alkyl halides is 3. The molecule has 2 heterocycles. The van der Waals surface area contributed by atoms with E-state index in [1.165, 1.54) is 24.3 Å². The third kappa shape index (κ3) is 3.93. The van der Waals surface area contributed by atoms with Gasteiger partial charge in [-0.15, -0.1) is 23.4 Å². The predicted octanol–water partition coefficient (Wildman–Crippen LogP) is 5.23. The van der Waals surface area contributed by atoms with E-state index in [9.17, 15) is 13.2 Å². The Morgan fingerprint density at radius 3 is 2.50 bits per heavy atom. The van der Waals surface area contributed by atoms with E-state index in [2.05, 4.69) is 20.1 Å². The van der Waals surface area contributed by atoms with Crippen molar-refractivity contribution in [1.82, 2.24) is 15.4 Å². The maximum absolute atomic E-state index is 12.3. The first-order chi connectivity index (χ1) is 14.4. The summed E-state index contributed by atoms with van der Waals surface area (Å²) in [7, 11) is 0. The molecule has 1 saturated carbocycles. The number of benzene rings is 2. The summed E-state index contributed by atoms with van der Waals surface area (Å²) in [4.78, 5) is 0. The van der Waals surface area contributed by atoms with Crippen molar-refractivity contribution in [1.29, 1.82) is 0 Å². The molecule has 30 heavy (non-hydrogen) atoms. The minimum atomic E-state index is -4.73. The monoisotopic (exact) mass is 417 g/mol. The van der Waals surface area contributed by atoms with Gasteiger partial charge >= 0.3 is 6.36 Å². The molecule has 0 atom stereocenters. The van der Waals surface area contributed by atoms with E-state index in [0.29, 0.717) is 34.2 Å². The smallest absolute Gasteiger partial charge is 0.465 e. The Morgan fingerprint density at radius 2 is 1.77 bits per heavy atom. The van der Waals surface area contributed by atoms with Gasteiger partial charge in [0.2, 0.25) is 5.89 Å². The fraction of sp³-hybridized carbons (Fsp3) is 0.250. The van der Waals surface area contributed by atoms with Crippen molar-refractivity contribution in [3.63, 3.8) is 0 Å². The van der Waals surface area contributed by atoms with Crippen LogP contribution in [0.15, 0.2) is 51.4 Å². The van der Waals surface area contributed by atoms with Crippen LogP contribution in [0.1, 0.15) is 30.5 Å². The molecule has 0 unspecified atom stereocenters. The van der Waals surface area contributed by atoms with Gasteiger partial charge in [0.05, 0.1) is 5.39 Å². The van der Waals surface area contributed by atoms with Gasteiger partial charge in [0.15, 0.2) is 12.2 Å². The lowest BCUT2D eigenvalue weighted by Crippen LogP contribution is -2.16. The van der Waals surface area contributed by atoms with Gasteiger partial charge in [0, 0.05) is 5.92 Å². The van der Waals surface area contributed by atoms with Crippen LogP contribution >= 0.6 is 0 Å². The highest BCUT2D eigenvalue weighted by Crippen LogP contribution is 2.39. The average molecular weight is 417 g/mol. The van der Waals surface area contributed by atoms with Gasteiger partial charge in [0.25, 0.3) is 11.8 Å². The van der Waals surface area contributed by atoms with Crippen molar-refractivity contribution in [2.45, 2.75) is 31.7 Å². The molecule has 7 nitrogen and oxygen atoms in total. The first-order valence-corrected chi connectivity index (χ1v) is 9.15. The topological polar surface area (TPSA) is 83.4 Å². The summed E-state index contributed by atoms with van der Waals surface area (Å²) < 4.78 is 57.4. The SMILES string of the molecule is FC(F)(F)Oc1ccc(-c2ccc3onc(OCc4nnc(C5CC5)o4)c3c2)cc1. The standard InChI is InChI=1S/C20H14F3N3O4/c21-20(22,23)29-14-6-3-11(4-7-14)13-5-8-16-15(9-13)19(26-30-16)27-10-17-24-25-18(28-17)12-1-2-12/h3-9,12H,1-2,10H2. The zero-order valence-corrected chi connectivity index (χ0v) is 15.3. The van der Waals surface area contributed by atoms with Crippen LogP contribution < -0.4 is 9.47 Å². The van der Waals surface area contributed by atoms with Crippen LogP contribution in [0.25, 0.3) is 22.1 Å². The molecular formula is C20H14F3N3O4. The zero-order chi connectivity index (χ0) is 20.7. The summed E-state index contributed by atoms with van der Waals surface area (Å²) in [6.45, 7) is 0.0507. The van der Waals surface area contributed by atoms with Crippen LogP contribution in [0.4, 0.5) is 13.2 Å². The van der Waals surface area contributed by atoms with E-state index in [1.54, 1.807) is 18.2 Å². The quantitative estimate of drug-likeness (QED) is 0.425. The summed E-state index contributed by atoms with van der Waals surface area (Å²) in [6.07, 6.45) is -2.61. The summed E-state index contributed by atoms with van der Waals surface area (Å²) in [6, 6.07) is 10.8. The van der Waals surface area contributed by atoms with Crippen LogP contribution in [0.3, 0.4) is 0 Å². The molecule has 1 aliphatic rings. The van der Waals surface area contributed by atoms with Crippen molar-refractivity contribution < 1.29 is 31.6 Å². The van der Waals surface area contributed by atoms with Crippen molar-refractivity contribution in [2.75, 3.05) is 0 Å². The normalized spacial score (nSPS) is 14.2. The number of aromatic nitrogens is 3. The average Bonchev–Trinajstić information content (AvgIpc) is 3.32. The van der Waals surface area contributed by atoms with Gasteiger partial charge in [-0.05, 0) is 53.4 Å². The van der Waals surface area contributed by atoms with Gasteiger partial charge in [-0.1, -0.05) is 18.2 Å². The fourth-order valence-corrected chi connectivity index (χ4v) is 3.00. The van der Waals surface area contributed by atoms with Crippen LogP contribution in [0.5, 0.6) is 11.6 Å². The lowest BCUT2D eigenvalue weighted by Gasteiger charge is -2.09. The molecule has 0 radical (unpaired) electrons. The molecule has 4 aromatic rings. The molecule has 1 fully saturated rings. The maximum Gasteiger partial charge on any atom is 0.573 e. The molecule has 0 aliphatic heterocycles. The molecule has 2 aromatic carbocycles. The summed E-state index contributed by atoms with van der Waals surface area (Å²) in [5.41, 5.74) is 1.96. The summed E-state index contributed by atoms with van der Waals surface area (Å²) >= 11 is 0. The summed E-state index contributed by atoms with van der Waals surface area (Å²) in [5, 5.41) is 12.5. The molecule has 0 N–H and O–H groups in total. The number of fused-ring (bicyclic) bond motifs is 1.